The van der Waals surface area contributed by atoms with E-state index < -0.39 is 23.1 Å². The highest BCUT2D eigenvalue weighted by atomic mass is 19.4. The Hall–Kier alpha value is -4.26. The molecule has 7 heteroatoms. The minimum Gasteiger partial charge on any atom is -0.489 e. The molecular weight excluding hydrogens is 469 g/mol. The van der Waals surface area contributed by atoms with E-state index in [0.717, 1.165) is 27.5 Å². The van der Waals surface area contributed by atoms with Crippen LogP contribution in [0.3, 0.4) is 0 Å². The summed E-state index contributed by atoms with van der Waals surface area (Å²) < 4.78 is 58.2. The van der Waals surface area contributed by atoms with Gasteiger partial charge in [0.25, 0.3) is 5.76 Å². The van der Waals surface area contributed by atoms with Gasteiger partial charge in [-0.05, 0) is 65.6 Å². The topological polar surface area (TPSA) is 48.7 Å². The second-order valence-corrected chi connectivity index (χ2v) is 8.60. The van der Waals surface area contributed by atoms with Gasteiger partial charge in [0.1, 0.15) is 23.7 Å². The largest absolute Gasteiger partial charge is 0.489 e. The average molecular weight is 490 g/mol. The molecule has 4 nitrogen and oxygen atoms in total. The van der Waals surface area contributed by atoms with Crippen molar-refractivity contribution in [2.45, 2.75) is 26.6 Å². The summed E-state index contributed by atoms with van der Waals surface area (Å²) in [4.78, 5) is 13.1. The highest BCUT2D eigenvalue weighted by molar-refractivity contribution is 5.85. The van der Waals surface area contributed by atoms with Crippen LogP contribution in [-0.2, 0) is 12.8 Å². The van der Waals surface area contributed by atoms with Crippen LogP contribution in [0.4, 0.5) is 13.2 Å². The van der Waals surface area contributed by atoms with Crippen LogP contribution in [0.5, 0.6) is 17.2 Å². The molecule has 0 saturated heterocycles. The third kappa shape index (κ3) is 4.64. The van der Waals surface area contributed by atoms with E-state index in [-0.39, 0.29) is 29.1 Å². The van der Waals surface area contributed by atoms with E-state index in [1.54, 1.807) is 26.0 Å². The summed E-state index contributed by atoms with van der Waals surface area (Å²) in [5.74, 6) is -2.00. The van der Waals surface area contributed by atoms with Crippen molar-refractivity contribution in [1.82, 2.24) is 0 Å². The highest BCUT2D eigenvalue weighted by Crippen LogP contribution is 2.39. The molecule has 0 aliphatic rings. The molecule has 4 aromatic carbocycles. The van der Waals surface area contributed by atoms with Crippen molar-refractivity contribution >= 4 is 21.7 Å². The lowest BCUT2D eigenvalue weighted by atomic mass is 10.1. The van der Waals surface area contributed by atoms with E-state index in [2.05, 4.69) is 0 Å². The van der Waals surface area contributed by atoms with E-state index in [4.69, 9.17) is 13.9 Å². The number of halogens is 3. The van der Waals surface area contributed by atoms with Gasteiger partial charge in [-0.3, -0.25) is 4.79 Å². The summed E-state index contributed by atoms with van der Waals surface area (Å²) in [7, 11) is 0. The van der Waals surface area contributed by atoms with Crippen molar-refractivity contribution in [1.29, 1.82) is 0 Å². The smallest absolute Gasteiger partial charge is 0.453 e. The van der Waals surface area contributed by atoms with Crippen molar-refractivity contribution in [2.24, 2.45) is 0 Å². The molecule has 0 amide bonds. The van der Waals surface area contributed by atoms with E-state index >= 15 is 0 Å². The van der Waals surface area contributed by atoms with E-state index in [1.165, 1.54) is 18.2 Å². The van der Waals surface area contributed by atoms with Crippen LogP contribution in [0.15, 0.2) is 88.1 Å². The SMILES string of the molecule is Cc1cc(C)cc(Oc2c(C(F)(F)F)oc3cc(OCc4cccc5ccccc45)ccc3c2=O)c1. The molecule has 1 aromatic heterocycles. The first kappa shape index (κ1) is 23.5. The molecule has 0 aliphatic heterocycles. The minimum atomic E-state index is -4.94. The number of fused-ring (bicyclic) bond motifs is 2. The van der Waals surface area contributed by atoms with Gasteiger partial charge in [0.15, 0.2) is 0 Å². The minimum absolute atomic E-state index is 0.0418. The first-order chi connectivity index (χ1) is 17.2. The molecule has 0 aliphatic carbocycles. The van der Waals surface area contributed by atoms with Gasteiger partial charge < -0.3 is 13.9 Å². The number of ether oxygens (including phenoxy) is 2. The van der Waals surface area contributed by atoms with Crippen molar-refractivity contribution in [2.75, 3.05) is 0 Å². The summed E-state index contributed by atoms with van der Waals surface area (Å²) in [6.45, 7) is 3.76. The molecule has 5 rings (SSSR count). The average Bonchev–Trinajstić information content (AvgIpc) is 2.83. The number of aryl methyl sites for hydroxylation is 2. The lowest BCUT2D eigenvalue weighted by Gasteiger charge is -2.14. The van der Waals surface area contributed by atoms with Gasteiger partial charge in [-0.15, -0.1) is 0 Å². The predicted octanol–water partition coefficient (Wildman–Crippen LogP) is 7.95. The summed E-state index contributed by atoms with van der Waals surface area (Å²) in [6.07, 6.45) is -4.94. The maximum Gasteiger partial charge on any atom is 0.453 e. The van der Waals surface area contributed by atoms with Crippen LogP contribution in [-0.4, -0.2) is 0 Å². The molecule has 0 saturated carbocycles. The lowest BCUT2D eigenvalue weighted by molar-refractivity contribution is -0.154. The number of alkyl halides is 3. The van der Waals surface area contributed by atoms with Crippen molar-refractivity contribution < 1.29 is 27.1 Å². The third-order valence-corrected chi connectivity index (χ3v) is 5.77. The molecule has 0 bridgehead atoms. The van der Waals surface area contributed by atoms with Gasteiger partial charge in [0, 0.05) is 6.07 Å². The Balaban J connectivity index is 1.52. The maximum absolute atomic E-state index is 13.9. The predicted molar refractivity (Wildman–Crippen MR) is 132 cm³/mol. The van der Waals surface area contributed by atoms with Gasteiger partial charge in [-0.2, -0.15) is 13.2 Å². The molecule has 0 fully saturated rings. The fourth-order valence-electron chi connectivity index (χ4n) is 4.21. The van der Waals surface area contributed by atoms with E-state index in [0.29, 0.717) is 0 Å². The van der Waals surface area contributed by atoms with Gasteiger partial charge in [0.2, 0.25) is 11.2 Å². The van der Waals surface area contributed by atoms with Crippen LogP contribution in [0.2, 0.25) is 0 Å². The summed E-state index contributed by atoms with van der Waals surface area (Å²) >= 11 is 0. The molecule has 0 radical (unpaired) electrons. The van der Waals surface area contributed by atoms with Crippen molar-refractivity contribution in [3.63, 3.8) is 0 Å². The Bertz CT molecular complexity index is 1630. The van der Waals surface area contributed by atoms with Gasteiger partial charge in [0.05, 0.1) is 5.39 Å². The number of rotatable bonds is 5. The van der Waals surface area contributed by atoms with E-state index in [9.17, 15) is 18.0 Å². The van der Waals surface area contributed by atoms with Crippen molar-refractivity contribution in [3.8, 4) is 17.2 Å². The van der Waals surface area contributed by atoms with Gasteiger partial charge >= 0.3 is 6.18 Å². The molecule has 36 heavy (non-hydrogen) atoms. The lowest BCUT2D eigenvalue weighted by Crippen LogP contribution is -2.15. The molecule has 0 unspecified atom stereocenters. The second-order valence-electron chi connectivity index (χ2n) is 8.60. The summed E-state index contributed by atoms with van der Waals surface area (Å²) in [6, 6.07) is 22.8. The molecule has 0 spiro atoms. The Morgan fingerprint density at radius 3 is 2.28 bits per heavy atom. The van der Waals surface area contributed by atoms with E-state index in [1.807, 2.05) is 48.5 Å². The Morgan fingerprint density at radius 1 is 0.806 bits per heavy atom. The molecular formula is C29H21F3O4. The molecule has 1 heterocycles. The van der Waals surface area contributed by atoms with Crippen LogP contribution >= 0.6 is 0 Å². The van der Waals surface area contributed by atoms with Crippen LogP contribution in [0, 0.1) is 13.8 Å². The fraction of sp³-hybridized carbons (Fsp3) is 0.138. The number of hydrogen-bond donors (Lipinski definition) is 0. The zero-order valence-corrected chi connectivity index (χ0v) is 19.5. The standard InChI is InChI=1S/C29H21F3O4/c1-17-12-18(2)14-22(13-17)35-27-26(33)24-11-10-21(15-25(24)36-28(27)29(30,31)32)34-16-20-8-5-7-19-6-3-4-9-23(19)20/h3-15H,16H2,1-2H3. The monoisotopic (exact) mass is 490 g/mol. The number of hydrogen-bond acceptors (Lipinski definition) is 4. The second kappa shape index (κ2) is 9.07. The van der Waals surface area contributed by atoms with Crippen molar-refractivity contribution in [3.05, 3.63) is 112 Å². The Morgan fingerprint density at radius 2 is 1.53 bits per heavy atom. The quantitative estimate of drug-likeness (QED) is 0.251. The van der Waals surface area contributed by atoms with Crippen LogP contribution < -0.4 is 14.9 Å². The normalized spacial score (nSPS) is 11.7. The maximum atomic E-state index is 13.9. The zero-order valence-electron chi connectivity index (χ0n) is 19.5. The van der Waals surface area contributed by atoms with Crippen LogP contribution in [0.25, 0.3) is 21.7 Å². The number of benzene rings is 4. The molecule has 0 N–H and O–H groups in total. The Labute approximate surface area is 204 Å². The summed E-state index contributed by atoms with van der Waals surface area (Å²) in [5.41, 5.74) is 1.34. The highest BCUT2D eigenvalue weighted by Gasteiger charge is 2.40. The van der Waals surface area contributed by atoms with Crippen LogP contribution in [0.1, 0.15) is 22.5 Å². The molecule has 0 atom stereocenters. The summed E-state index contributed by atoms with van der Waals surface area (Å²) in [5, 5.41) is 2.02. The third-order valence-electron chi connectivity index (χ3n) is 5.77. The van der Waals surface area contributed by atoms with Gasteiger partial charge in [-0.1, -0.05) is 48.5 Å². The fourth-order valence-corrected chi connectivity index (χ4v) is 4.21. The molecule has 182 valence electrons. The Kier molecular flexibility index (Phi) is 5.92. The zero-order chi connectivity index (χ0) is 25.4. The first-order valence-electron chi connectivity index (χ1n) is 11.2. The molecule has 5 aromatic rings. The van der Waals surface area contributed by atoms with Gasteiger partial charge in [-0.25, -0.2) is 0 Å². The first-order valence-corrected chi connectivity index (χ1v) is 11.2.